The number of nitrogens with one attached hydrogen (secondary N) is 2. The summed E-state index contributed by atoms with van der Waals surface area (Å²) in [5.41, 5.74) is 3.26. The van der Waals surface area contributed by atoms with E-state index in [0.717, 1.165) is 23.2 Å². The van der Waals surface area contributed by atoms with E-state index in [1.165, 1.54) is 0 Å². The van der Waals surface area contributed by atoms with Gasteiger partial charge in [-0.2, -0.15) is 0 Å². The Labute approximate surface area is 185 Å². The monoisotopic (exact) mass is 432 g/mol. The van der Waals surface area contributed by atoms with Gasteiger partial charge >= 0.3 is 6.03 Å². The number of hydrogen-bond acceptors (Lipinski definition) is 4. The third-order valence-corrected chi connectivity index (χ3v) is 5.18. The van der Waals surface area contributed by atoms with Crippen LogP contribution < -0.4 is 10.6 Å². The van der Waals surface area contributed by atoms with Gasteiger partial charge in [-0.1, -0.05) is 79.2 Å². The van der Waals surface area contributed by atoms with Gasteiger partial charge in [0, 0.05) is 5.69 Å². The number of para-hydroxylation sites is 1. The molecular formula is C24H21ClN4O2. The summed E-state index contributed by atoms with van der Waals surface area (Å²) in [5.74, 6) is 0.556. The molecule has 0 spiro atoms. The van der Waals surface area contributed by atoms with Crippen molar-refractivity contribution in [1.82, 2.24) is 15.5 Å². The van der Waals surface area contributed by atoms with Crippen LogP contribution in [-0.2, 0) is 6.42 Å². The minimum absolute atomic E-state index is 0.264. The Kier molecular flexibility index (Phi) is 6.29. The van der Waals surface area contributed by atoms with Crippen LogP contribution in [0.4, 0.5) is 10.5 Å². The Balaban J connectivity index is 1.62. The summed E-state index contributed by atoms with van der Waals surface area (Å²) in [6.45, 7) is 2.04. The topological polar surface area (TPSA) is 80.0 Å². The number of carbonyl (C=O) groups is 1. The van der Waals surface area contributed by atoms with Crippen molar-refractivity contribution >= 4 is 23.3 Å². The van der Waals surface area contributed by atoms with Crippen LogP contribution in [0.25, 0.3) is 11.5 Å². The lowest BCUT2D eigenvalue weighted by Crippen LogP contribution is -2.33. The third-order valence-electron chi connectivity index (χ3n) is 4.85. The van der Waals surface area contributed by atoms with Gasteiger partial charge in [-0.25, -0.2) is 4.79 Å². The first-order valence-electron chi connectivity index (χ1n) is 9.94. The molecule has 31 heavy (non-hydrogen) atoms. The maximum absolute atomic E-state index is 12.8. The molecule has 1 heterocycles. The molecule has 2 N–H and O–H groups in total. The number of rotatable bonds is 6. The zero-order valence-electron chi connectivity index (χ0n) is 16.9. The Morgan fingerprint density at radius 3 is 2.45 bits per heavy atom. The summed E-state index contributed by atoms with van der Waals surface area (Å²) in [5, 5.41) is 14.7. The number of halogens is 1. The van der Waals surface area contributed by atoms with E-state index < -0.39 is 6.04 Å². The standard InChI is InChI=1S/C24H21ClN4O2/c1-2-16-10-6-9-15-20(16)26-24(30)27-21(17-11-4-3-5-12-17)23-29-28-22(31-23)18-13-7-8-14-19(18)25/h3-15,21H,2H2,1H3,(H2,26,27,30)/t21-/m1/s1. The van der Waals surface area contributed by atoms with Gasteiger partial charge in [0.1, 0.15) is 6.04 Å². The molecule has 0 saturated heterocycles. The van der Waals surface area contributed by atoms with Gasteiger partial charge in [0.25, 0.3) is 0 Å². The molecule has 1 aromatic heterocycles. The number of nitrogens with zero attached hydrogens (tertiary/aromatic N) is 2. The number of amides is 2. The average Bonchev–Trinajstić information content (AvgIpc) is 3.28. The van der Waals surface area contributed by atoms with Gasteiger partial charge in [0.05, 0.1) is 10.6 Å². The van der Waals surface area contributed by atoms with Crippen LogP contribution >= 0.6 is 11.6 Å². The molecule has 2 amide bonds. The minimum atomic E-state index is -0.626. The van der Waals surface area contributed by atoms with Crippen molar-refractivity contribution in [2.75, 3.05) is 5.32 Å². The summed E-state index contributed by atoms with van der Waals surface area (Å²) in [7, 11) is 0. The molecule has 6 nitrogen and oxygen atoms in total. The average molecular weight is 433 g/mol. The highest BCUT2D eigenvalue weighted by molar-refractivity contribution is 6.33. The van der Waals surface area contributed by atoms with E-state index in [1.54, 1.807) is 12.1 Å². The van der Waals surface area contributed by atoms with Crippen LogP contribution in [0.1, 0.15) is 30.0 Å². The zero-order valence-corrected chi connectivity index (χ0v) is 17.6. The van der Waals surface area contributed by atoms with E-state index in [-0.39, 0.29) is 11.9 Å². The molecular weight excluding hydrogens is 412 g/mol. The fourth-order valence-corrected chi connectivity index (χ4v) is 3.48. The molecule has 0 fully saturated rings. The van der Waals surface area contributed by atoms with E-state index in [4.69, 9.17) is 16.0 Å². The second-order valence-electron chi connectivity index (χ2n) is 6.88. The van der Waals surface area contributed by atoms with Gasteiger partial charge < -0.3 is 15.1 Å². The molecule has 4 aromatic rings. The number of urea groups is 1. The van der Waals surface area contributed by atoms with Gasteiger partial charge in [0.2, 0.25) is 11.8 Å². The van der Waals surface area contributed by atoms with E-state index in [1.807, 2.05) is 73.7 Å². The molecule has 0 aliphatic heterocycles. The van der Waals surface area contributed by atoms with Crippen molar-refractivity contribution < 1.29 is 9.21 Å². The lowest BCUT2D eigenvalue weighted by atomic mass is 10.1. The lowest BCUT2D eigenvalue weighted by molar-refractivity contribution is 0.248. The minimum Gasteiger partial charge on any atom is -0.418 e. The number of benzene rings is 3. The molecule has 1 atom stereocenters. The number of aryl methyl sites for hydroxylation is 1. The van der Waals surface area contributed by atoms with Crippen LogP contribution in [0, 0.1) is 0 Å². The van der Waals surface area contributed by atoms with Crippen LogP contribution in [0.3, 0.4) is 0 Å². The fourth-order valence-electron chi connectivity index (χ4n) is 3.27. The molecule has 0 saturated carbocycles. The second-order valence-corrected chi connectivity index (χ2v) is 7.29. The second kappa shape index (κ2) is 9.45. The van der Waals surface area contributed by atoms with Crippen LogP contribution in [0.5, 0.6) is 0 Å². The maximum Gasteiger partial charge on any atom is 0.320 e. The van der Waals surface area contributed by atoms with Crippen LogP contribution in [0.15, 0.2) is 83.3 Å². The summed E-state index contributed by atoms with van der Waals surface area (Å²) >= 11 is 6.26. The number of aromatic nitrogens is 2. The summed E-state index contributed by atoms with van der Waals surface area (Å²) in [6, 6.07) is 23.4. The highest BCUT2D eigenvalue weighted by atomic mass is 35.5. The predicted octanol–water partition coefficient (Wildman–Crippen LogP) is 5.86. The molecule has 0 bridgehead atoms. The SMILES string of the molecule is CCc1ccccc1NC(=O)N[C@H](c1ccccc1)c1nnc(-c2ccccc2Cl)o1. The molecule has 0 aliphatic carbocycles. The Bertz CT molecular complexity index is 1180. The summed E-state index contributed by atoms with van der Waals surface area (Å²) in [6.07, 6.45) is 0.809. The molecule has 156 valence electrons. The van der Waals surface area contributed by atoms with Crippen molar-refractivity contribution in [2.24, 2.45) is 0 Å². The molecule has 7 heteroatoms. The van der Waals surface area contributed by atoms with E-state index >= 15 is 0 Å². The Hall–Kier alpha value is -3.64. The van der Waals surface area contributed by atoms with Crippen LogP contribution in [0.2, 0.25) is 5.02 Å². The van der Waals surface area contributed by atoms with Gasteiger partial charge in [0.15, 0.2) is 0 Å². The zero-order chi connectivity index (χ0) is 21.6. The van der Waals surface area contributed by atoms with Crippen molar-refractivity contribution in [3.8, 4) is 11.5 Å². The van der Waals surface area contributed by atoms with Crippen molar-refractivity contribution in [1.29, 1.82) is 0 Å². The van der Waals surface area contributed by atoms with Crippen LogP contribution in [-0.4, -0.2) is 16.2 Å². The first kappa shape index (κ1) is 20.6. The molecule has 0 radical (unpaired) electrons. The molecule has 3 aromatic carbocycles. The fraction of sp³-hybridized carbons (Fsp3) is 0.125. The summed E-state index contributed by atoms with van der Waals surface area (Å²) < 4.78 is 5.91. The number of hydrogen-bond donors (Lipinski definition) is 2. The van der Waals surface area contributed by atoms with Gasteiger partial charge in [-0.05, 0) is 35.7 Å². The highest BCUT2D eigenvalue weighted by Crippen LogP contribution is 2.29. The highest BCUT2D eigenvalue weighted by Gasteiger charge is 2.24. The quantitative estimate of drug-likeness (QED) is 0.399. The smallest absolute Gasteiger partial charge is 0.320 e. The Morgan fingerprint density at radius 2 is 1.68 bits per heavy atom. The predicted molar refractivity (Wildman–Crippen MR) is 121 cm³/mol. The van der Waals surface area contributed by atoms with Crippen molar-refractivity contribution in [3.63, 3.8) is 0 Å². The number of carbonyl (C=O) groups excluding carboxylic acids is 1. The largest absolute Gasteiger partial charge is 0.418 e. The first-order chi connectivity index (χ1) is 15.2. The molecule has 0 aliphatic rings. The lowest BCUT2D eigenvalue weighted by Gasteiger charge is -2.17. The van der Waals surface area contributed by atoms with E-state index in [2.05, 4.69) is 20.8 Å². The van der Waals surface area contributed by atoms with Gasteiger partial charge in [-0.15, -0.1) is 10.2 Å². The molecule has 0 unspecified atom stereocenters. The van der Waals surface area contributed by atoms with Crippen molar-refractivity contribution in [3.05, 3.63) is 101 Å². The Morgan fingerprint density at radius 1 is 0.968 bits per heavy atom. The van der Waals surface area contributed by atoms with E-state index in [0.29, 0.717) is 16.5 Å². The molecule has 4 rings (SSSR count). The van der Waals surface area contributed by atoms with E-state index in [9.17, 15) is 4.79 Å². The first-order valence-corrected chi connectivity index (χ1v) is 10.3. The van der Waals surface area contributed by atoms with Gasteiger partial charge in [-0.3, -0.25) is 0 Å². The normalized spacial score (nSPS) is 11.7. The third kappa shape index (κ3) is 4.75. The number of anilines is 1. The van der Waals surface area contributed by atoms with Crippen molar-refractivity contribution in [2.45, 2.75) is 19.4 Å². The summed E-state index contributed by atoms with van der Waals surface area (Å²) in [4.78, 5) is 12.8. The maximum atomic E-state index is 12.8.